The minimum atomic E-state index is -1.04. The Labute approximate surface area is 146 Å². The van der Waals surface area contributed by atoms with E-state index in [1.165, 1.54) is 6.07 Å². The van der Waals surface area contributed by atoms with Crippen LogP contribution in [0.5, 0.6) is 0 Å². The molecule has 0 aliphatic rings. The number of aromatic nitrogens is 1. The van der Waals surface area contributed by atoms with Crippen LogP contribution in [-0.2, 0) is 4.74 Å². The highest BCUT2D eigenvalue weighted by atomic mass is 16.6. The van der Waals surface area contributed by atoms with Gasteiger partial charge in [0.15, 0.2) is 0 Å². The van der Waals surface area contributed by atoms with Crippen LogP contribution in [-0.4, -0.2) is 34.2 Å². The number of carboxylic acids is 1. The summed E-state index contributed by atoms with van der Waals surface area (Å²) in [6, 6.07) is 10.0. The number of carbonyl (C=O) groups is 2. The third kappa shape index (κ3) is 4.79. The van der Waals surface area contributed by atoms with E-state index in [9.17, 15) is 14.7 Å². The van der Waals surface area contributed by atoms with Crippen molar-refractivity contribution < 1.29 is 19.4 Å². The van der Waals surface area contributed by atoms with E-state index in [0.29, 0.717) is 29.2 Å². The van der Waals surface area contributed by atoms with Gasteiger partial charge >= 0.3 is 11.9 Å². The van der Waals surface area contributed by atoms with Crippen molar-refractivity contribution in [1.29, 1.82) is 0 Å². The molecule has 1 heterocycles. The van der Waals surface area contributed by atoms with Gasteiger partial charge in [0.1, 0.15) is 17.0 Å². The van der Waals surface area contributed by atoms with Crippen molar-refractivity contribution in [2.45, 2.75) is 33.3 Å². The monoisotopic (exact) mass is 342 g/mol. The van der Waals surface area contributed by atoms with E-state index in [0.717, 1.165) is 0 Å². The summed E-state index contributed by atoms with van der Waals surface area (Å²) in [6.07, 6.45) is 0. The molecule has 0 unspecified atom stereocenters. The second-order valence-electron chi connectivity index (χ2n) is 6.51. The Bertz CT molecular complexity index is 794. The first kappa shape index (κ1) is 18.4. The normalized spacial score (nSPS) is 11.0. The van der Waals surface area contributed by atoms with E-state index >= 15 is 0 Å². The SMILES string of the molecule is CCNc1nc(-c2cccc(C(=O)OC(C)(C)C)c2)ccc1C(=O)O. The lowest BCUT2D eigenvalue weighted by Crippen LogP contribution is -2.23. The molecule has 2 N–H and O–H groups in total. The van der Waals surface area contributed by atoms with Gasteiger partial charge in [-0.1, -0.05) is 12.1 Å². The highest BCUT2D eigenvalue weighted by Crippen LogP contribution is 2.24. The fraction of sp³-hybridized carbons (Fsp3) is 0.316. The highest BCUT2D eigenvalue weighted by molar-refractivity contribution is 5.94. The standard InChI is InChI=1S/C19H22N2O4/c1-5-20-16-14(17(22)23)9-10-15(21-16)12-7-6-8-13(11-12)18(24)25-19(2,3)4/h6-11H,5H2,1-4H3,(H,20,21)(H,22,23). The predicted octanol–water partition coefficient (Wildman–Crippen LogP) is 3.83. The van der Waals surface area contributed by atoms with Gasteiger partial charge in [0.05, 0.1) is 11.3 Å². The summed E-state index contributed by atoms with van der Waals surface area (Å²) in [4.78, 5) is 27.9. The van der Waals surface area contributed by atoms with Crippen LogP contribution in [0.25, 0.3) is 11.3 Å². The molecule has 0 fully saturated rings. The van der Waals surface area contributed by atoms with Crippen molar-refractivity contribution in [3.63, 3.8) is 0 Å². The number of hydrogen-bond donors (Lipinski definition) is 2. The lowest BCUT2D eigenvalue weighted by Gasteiger charge is -2.19. The molecule has 2 rings (SSSR count). The third-order valence-electron chi connectivity index (χ3n) is 3.26. The minimum Gasteiger partial charge on any atom is -0.478 e. The molecule has 0 aliphatic heterocycles. The molecule has 0 saturated heterocycles. The second-order valence-corrected chi connectivity index (χ2v) is 6.51. The molecule has 0 aliphatic carbocycles. The van der Waals surface area contributed by atoms with Crippen LogP contribution >= 0.6 is 0 Å². The smallest absolute Gasteiger partial charge is 0.339 e. The number of nitrogens with one attached hydrogen (secondary N) is 1. The zero-order valence-corrected chi connectivity index (χ0v) is 14.8. The maximum Gasteiger partial charge on any atom is 0.339 e. The van der Waals surface area contributed by atoms with Gasteiger partial charge in [-0.05, 0) is 52.0 Å². The van der Waals surface area contributed by atoms with Gasteiger partial charge in [-0.2, -0.15) is 0 Å². The van der Waals surface area contributed by atoms with Crippen LogP contribution < -0.4 is 5.32 Å². The lowest BCUT2D eigenvalue weighted by atomic mass is 10.1. The number of esters is 1. The van der Waals surface area contributed by atoms with E-state index in [2.05, 4.69) is 10.3 Å². The summed E-state index contributed by atoms with van der Waals surface area (Å²) in [6.45, 7) is 7.84. The van der Waals surface area contributed by atoms with Crippen molar-refractivity contribution in [2.75, 3.05) is 11.9 Å². The van der Waals surface area contributed by atoms with E-state index in [-0.39, 0.29) is 5.56 Å². The molecular weight excluding hydrogens is 320 g/mol. The molecule has 2 aromatic rings. The van der Waals surface area contributed by atoms with Gasteiger partial charge < -0.3 is 15.2 Å². The summed E-state index contributed by atoms with van der Waals surface area (Å²) in [7, 11) is 0. The van der Waals surface area contributed by atoms with E-state index in [1.807, 2.05) is 33.8 Å². The summed E-state index contributed by atoms with van der Waals surface area (Å²) < 4.78 is 5.38. The molecule has 1 aromatic carbocycles. The lowest BCUT2D eigenvalue weighted by molar-refractivity contribution is 0.00694. The Balaban J connectivity index is 2.39. The summed E-state index contributed by atoms with van der Waals surface area (Å²) in [5.74, 6) is -1.16. The van der Waals surface area contributed by atoms with Gasteiger partial charge in [-0.15, -0.1) is 0 Å². The zero-order chi connectivity index (χ0) is 18.6. The Morgan fingerprint density at radius 2 is 1.92 bits per heavy atom. The number of pyridine rings is 1. The van der Waals surface area contributed by atoms with Crippen molar-refractivity contribution in [3.8, 4) is 11.3 Å². The van der Waals surface area contributed by atoms with Crippen LogP contribution in [0.2, 0.25) is 0 Å². The average molecular weight is 342 g/mol. The number of rotatable bonds is 5. The fourth-order valence-corrected chi connectivity index (χ4v) is 2.24. The molecule has 0 atom stereocenters. The first-order valence-electron chi connectivity index (χ1n) is 8.03. The number of carbonyl (C=O) groups excluding carboxylic acids is 1. The molecule has 1 aromatic heterocycles. The maximum atomic E-state index is 12.2. The number of benzene rings is 1. The summed E-state index contributed by atoms with van der Waals surface area (Å²) in [5.41, 5.74) is 1.23. The first-order chi connectivity index (χ1) is 11.7. The molecule has 6 heteroatoms. The molecule has 132 valence electrons. The molecule has 0 saturated carbocycles. The van der Waals surface area contributed by atoms with Gasteiger partial charge in [0, 0.05) is 12.1 Å². The van der Waals surface area contributed by atoms with E-state index in [1.54, 1.807) is 24.3 Å². The molecule has 0 bridgehead atoms. The summed E-state index contributed by atoms with van der Waals surface area (Å²) >= 11 is 0. The number of anilines is 1. The van der Waals surface area contributed by atoms with Crippen molar-refractivity contribution in [1.82, 2.24) is 4.98 Å². The highest BCUT2D eigenvalue weighted by Gasteiger charge is 2.19. The number of ether oxygens (including phenoxy) is 1. The van der Waals surface area contributed by atoms with Gasteiger partial charge in [-0.3, -0.25) is 0 Å². The van der Waals surface area contributed by atoms with Crippen molar-refractivity contribution >= 4 is 17.8 Å². The quantitative estimate of drug-likeness (QED) is 0.803. The van der Waals surface area contributed by atoms with Gasteiger partial charge in [0.2, 0.25) is 0 Å². The van der Waals surface area contributed by atoms with Crippen LogP contribution in [0.1, 0.15) is 48.4 Å². The molecule has 0 spiro atoms. The molecular formula is C19H22N2O4. The summed E-state index contributed by atoms with van der Waals surface area (Å²) in [5, 5.41) is 12.2. The van der Waals surface area contributed by atoms with Crippen molar-refractivity contribution in [3.05, 3.63) is 47.5 Å². The minimum absolute atomic E-state index is 0.105. The van der Waals surface area contributed by atoms with Gasteiger partial charge in [0.25, 0.3) is 0 Å². The molecule has 6 nitrogen and oxygen atoms in total. The Kier molecular flexibility index (Phi) is 5.41. The van der Waals surface area contributed by atoms with Crippen molar-refractivity contribution in [2.24, 2.45) is 0 Å². The largest absolute Gasteiger partial charge is 0.478 e. The fourth-order valence-electron chi connectivity index (χ4n) is 2.24. The number of carboxylic acid groups (broad SMARTS) is 1. The molecule has 25 heavy (non-hydrogen) atoms. The molecule has 0 radical (unpaired) electrons. The first-order valence-corrected chi connectivity index (χ1v) is 8.03. The Morgan fingerprint density at radius 3 is 2.52 bits per heavy atom. The van der Waals surface area contributed by atoms with Crippen LogP contribution in [0.15, 0.2) is 36.4 Å². The van der Waals surface area contributed by atoms with Crippen LogP contribution in [0.3, 0.4) is 0 Å². The van der Waals surface area contributed by atoms with E-state index in [4.69, 9.17) is 4.74 Å². The number of aromatic carboxylic acids is 1. The number of hydrogen-bond acceptors (Lipinski definition) is 5. The van der Waals surface area contributed by atoms with Gasteiger partial charge in [-0.25, -0.2) is 14.6 Å². The topological polar surface area (TPSA) is 88.5 Å². The third-order valence-corrected chi connectivity index (χ3v) is 3.26. The molecule has 0 amide bonds. The predicted molar refractivity (Wildman–Crippen MR) is 96.0 cm³/mol. The van der Waals surface area contributed by atoms with Crippen LogP contribution in [0, 0.1) is 0 Å². The van der Waals surface area contributed by atoms with Crippen LogP contribution in [0.4, 0.5) is 5.82 Å². The van der Waals surface area contributed by atoms with E-state index < -0.39 is 17.5 Å². The second kappa shape index (κ2) is 7.34. The Morgan fingerprint density at radius 1 is 1.20 bits per heavy atom. The maximum absolute atomic E-state index is 12.2. The number of nitrogens with zero attached hydrogens (tertiary/aromatic N) is 1. The zero-order valence-electron chi connectivity index (χ0n) is 14.8. The Hall–Kier alpha value is -2.89. The average Bonchev–Trinajstić information content (AvgIpc) is 2.53.